The lowest BCUT2D eigenvalue weighted by Crippen LogP contribution is -2.60. The fourth-order valence-corrected chi connectivity index (χ4v) is 9.56. The highest BCUT2D eigenvalue weighted by Crippen LogP contribution is 2.66. The first-order chi connectivity index (χ1) is 26.3. The van der Waals surface area contributed by atoms with Gasteiger partial charge in [-0.3, -0.25) is 24.1 Å². The highest BCUT2D eigenvalue weighted by atomic mass is 35.5. The third-order valence-electron chi connectivity index (χ3n) is 11.2. The number of allylic oxidation sites excluding steroid dienone is 2. The van der Waals surface area contributed by atoms with Crippen LogP contribution in [0.2, 0.25) is 0 Å². The molecule has 280 valence electrons. The number of anilines is 2. The summed E-state index contributed by atoms with van der Waals surface area (Å²) in [5.41, 5.74) is 2.52. The van der Waals surface area contributed by atoms with Crippen LogP contribution in [0, 0.1) is 29.4 Å². The lowest BCUT2D eigenvalue weighted by molar-refractivity contribution is -0.125. The first-order valence-electron chi connectivity index (χ1n) is 17.4. The number of nitrogens with zero attached hydrogens (tertiary/aromatic N) is 2. The van der Waals surface area contributed by atoms with E-state index in [0.717, 1.165) is 45.2 Å². The Morgan fingerprint density at radius 3 is 2.15 bits per heavy atom. The molecule has 4 aliphatic rings. The van der Waals surface area contributed by atoms with Gasteiger partial charge in [0.15, 0.2) is 21.3 Å². The third kappa shape index (κ3) is 5.46. The molecule has 3 fully saturated rings. The molecule has 9 nitrogen and oxygen atoms in total. The Balaban J connectivity index is 1.15. The smallest absolute Gasteiger partial charge is 0.258 e. The van der Waals surface area contributed by atoms with Gasteiger partial charge in [0.1, 0.15) is 17.3 Å². The van der Waals surface area contributed by atoms with Crippen molar-refractivity contribution in [2.75, 3.05) is 24.0 Å². The maximum atomic E-state index is 15.0. The SMILES string of the molecule is COc1ccc(OC)c(C=Cc2ccc(N3C(=O)C4CC=C5C(CC6(Cl)C(=O)N(c7ccc(F)cc7)C(=O)C6(Cl)C5c5ccc(O)c(F)c5)C4C3=O)cc2)c1. The molecule has 1 N–H and O–H groups in total. The maximum Gasteiger partial charge on any atom is 0.258 e. The molecule has 0 radical (unpaired) electrons. The molecule has 8 rings (SSSR count). The van der Waals surface area contributed by atoms with Crippen molar-refractivity contribution in [2.24, 2.45) is 17.8 Å². The Bertz CT molecular complexity index is 2350. The molecule has 1 saturated carbocycles. The zero-order valence-electron chi connectivity index (χ0n) is 29.3. The summed E-state index contributed by atoms with van der Waals surface area (Å²) in [5, 5.41) is 10.0. The van der Waals surface area contributed by atoms with Gasteiger partial charge >= 0.3 is 0 Å². The molecule has 4 aromatic carbocycles. The normalized spacial score (nSPS) is 27.3. The van der Waals surface area contributed by atoms with Crippen LogP contribution in [0.5, 0.6) is 17.2 Å². The number of methoxy groups -OCH3 is 2. The van der Waals surface area contributed by atoms with Crippen molar-refractivity contribution in [1.29, 1.82) is 0 Å². The third-order valence-corrected chi connectivity index (χ3v) is 12.7. The fourth-order valence-electron chi connectivity index (χ4n) is 8.62. The van der Waals surface area contributed by atoms with Crippen molar-refractivity contribution >= 4 is 70.4 Å². The molecule has 4 aromatic rings. The highest BCUT2D eigenvalue weighted by molar-refractivity contribution is 6.58. The number of hydrogen-bond acceptors (Lipinski definition) is 7. The van der Waals surface area contributed by atoms with Crippen LogP contribution in [0.25, 0.3) is 12.2 Å². The lowest BCUT2D eigenvalue weighted by atomic mass is 9.56. The van der Waals surface area contributed by atoms with Gasteiger partial charge in [0.2, 0.25) is 11.8 Å². The van der Waals surface area contributed by atoms with Gasteiger partial charge in [-0.05, 0) is 96.6 Å². The van der Waals surface area contributed by atoms with E-state index in [4.69, 9.17) is 32.7 Å². The molecule has 55 heavy (non-hydrogen) atoms. The number of alkyl halides is 2. The summed E-state index contributed by atoms with van der Waals surface area (Å²) < 4.78 is 39.7. The molecule has 2 aliphatic carbocycles. The molecular formula is C42H32Cl2F2N2O7. The van der Waals surface area contributed by atoms with Gasteiger partial charge in [0.05, 0.1) is 37.4 Å². The van der Waals surface area contributed by atoms with Crippen LogP contribution in [0.4, 0.5) is 20.2 Å². The molecule has 0 aromatic heterocycles. The molecule has 6 atom stereocenters. The average Bonchev–Trinajstić information content (AvgIpc) is 3.52. The molecule has 6 unspecified atom stereocenters. The van der Waals surface area contributed by atoms with Crippen LogP contribution < -0.4 is 19.3 Å². The van der Waals surface area contributed by atoms with Crippen LogP contribution in [0.3, 0.4) is 0 Å². The first-order valence-corrected chi connectivity index (χ1v) is 18.2. The van der Waals surface area contributed by atoms with Crippen molar-refractivity contribution < 1.29 is 42.5 Å². The van der Waals surface area contributed by atoms with Crippen LogP contribution in [0.1, 0.15) is 35.4 Å². The van der Waals surface area contributed by atoms with Crippen molar-refractivity contribution in [3.8, 4) is 17.2 Å². The number of benzene rings is 4. The second-order valence-corrected chi connectivity index (χ2v) is 15.2. The molecule has 0 bridgehead atoms. The summed E-state index contributed by atoms with van der Waals surface area (Å²) in [6, 6.07) is 20.4. The van der Waals surface area contributed by atoms with Gasteiger partial charge in [-0.25, -0.2) is 13.7 Å². The van der Waals surface area contributed by atoms with Gasteiger partial charge in [-0.1, -0.05) is 42.0 Å². The first kappa shape index (κ1) is 36.5. The number of phenolic OH excluding ortho intramolecular Hbond substituents is 1. The molecule has 2 aliphatic heterocycles. The Morgan fingerprint density at radius 2 is 1.47 bits per heavy atom. The molecule has 0 spiro atoms. The number of imide groups is 2. The second-order valence-electron chi connectivity index (χ2n) is 14.0. The minimum atomic E-state index is -2.23. The summed E-state index contributed by atoms with van der Waals surface area (Å²) >= 11 is 14.7. The van der Waals surface area contributed by atoms with Crippen LogP contribution >= 0.6 is 23.2 Å². The number of hydrogen-bond donors (Lipinski definition) is 1. The monoisotopic (exact) mass is 784 g/mol. The van der Waals surface area contributed by atoms with Gasteiger partial charge in [0, 0.05) is 11.5 Å². The molecule has 4 amide bonds. The molecule has 13 heteroatoms. The number of phenols is 1. The van der Waals surface area contributed by atoms with Crippen molar-refractivity contribution in [2.45, 2.75) is 28.5 Å². The van der Waals surface area contributed by atoms with Gasteiger partial charge in [-0.15, -0.1) is 23.2 Å². The predicted octanol–water partition coefficient (Wildman–Crippen LogP) is 7.63. The van der Waals surface area contributed by atoms with Crippen molar-refractivity contribution in [3.63, 3.8) is 0 Å². The van der Waals surface area contributed by atoms with E-state index in [1.165, 1.54) is 18.2 Å². The number of ether oxygens (including phenoxy) is 2. The number of aromatic hydroxyl groups is 1. The van der Waals surface area contributed by atoms with E-state index < -0.39 is 74.4 Å². The van der Waals surface area contributed by atoms with Crippen LogP contribution in [-0.4, -0.2) is 52.7 Å². The largest absolute Gasteiger partial charge is 0.505 e. The summed E-state index contributed by atoms with van der Waals surface area (Å²) in [5.74, 6) is -7.62. The van der Waals surface area contributed by atoms with E-state index in [2.05, 4.69) is 0 Å². The maximum absolute atomic E-state index is 15.0. The number of halogens is 4. The van der Waals surface area contributed by atoms with E-state index in [1.54, 1.807) is 56.7 Å². The van der Waals surface area contributed by atoms with Gasteiger partial charge < -0.3 is 14.6 Å². The Hall–Kier alpha value is -5.52. The second kappa shape index (κ2) is 13.3. The zero-order valence-corrected chi connectivity index (χ0v) is 30.9. The molecule has 2 heterocycles. The van der Waals surface area contributed by atoms with E-state index in [1.807, 2.05) is 18.2 Å². The topological polar surface area (TPSA) is 113 Å². The molecule has 2 saturated heterocycles. The summed E-state index contributed by atoms with van der Waals surface area (Å²) in [7, 11) is 3.14. The highest BCUT2D eigenvalue weighted by Gasteiger charge is 2.76. The van der Waals surface area contributed by atoms with Gasteiger partial charge in [-0.2, -0.15) is 0 Å². The number of carbonyl (C=O) groups excluding carboxylic acids is 4. The Labute approximate surface area is 324 Å². The lowest BCUT2D eigenvalue weighted by Gasteiger charge is -2.50. The Kier molecular flexibility index (Phi) is 8.85. The standard InChI is InChI=1S/C42H32Cl2F2N2O7/c1-54-28-14-18-34(55-2)23(19-28)6-3-22-4-10-26(11-5-22)47-37(50)30-16-15-29-31(35(30)38(47)51)21-41(43)39(52)48(27-12-8-25(45)9-13-27)40(53)42(41,44)36(29)24-7-17-33(49)32(46)20-24/h3-15,17-20,30-31,35-36,49H,16,21H2,1-2H3. The fraction of sp³-hybridized carbons (Fsp3) is 0.238. The predicted molar refractivity (Wildman–Crippen MR) is 202 cm³/mol. The van der Waals surface area contributed by atoms with Crippen molar-refractivity contribution in [1.82, 2.24) is 0 Å². The summed E-state index contributed by atoms with van der Waals surface area (Å²) in [4.78, 5) is 54.9. The van der Waals surface area contributed by atoms with Crippen LogP contribution in [-0.2, 0) is 19.2 Å². The number of rotatable bonds is 7. The van der Waals surface area contributed by atoms with Gasteiger partial charge in [0.25, 0.3) is 11.8 Å². The summed E-state index contributed by atoms with van der Waals surface area (Å²) in [6.45, 7) is 0. The minimum absolute atomic E-state index is 0.0236. The van der Waals surface area contributed by atoms with E-state index in [-0.39, 0.29) is 24.1 Å². The number of fused-ring (bicyclic) bond motifs is 4. The summed E-state index contributed by atoms with van der Waals surface area (Å²) in [6.07, 6.45) is 5.25. The van der Waals surface area contributed by atoms with E-state index in [9.17, 15) is 28.7 Å². The number of carbonyl (C=O) groups is 4. The van der Waals surface area contributed by atoms with E-state index in [0.29, 0.717) is 22.8 Å². The number of amides is 4. The minimum Gasteiger partial charge on any atom is -0.505 e. The zero-order chi connectivity index (χ0) is 39.0. The van der Waals surface area contributed by atoms with Crippen molar-refractivity contribution in [3.05, 3.63) is 125 Å². The van der Waals surface area contributed by atoms with Crippen LogP contribution in [0.15, 0.2) is 96.6 Å². The average molecular weight is 786 g/mol. The quantitative estimate of drug-likeness (QED) is 0.0888. The van der Waals surface area contributed by atoms with E-state index >= 15 is 4.39 Å². The Morgan fingerprint density at radius 1 is 0.782 bits per heavy atom. The molecular weight excluding hydrogens is 753 g/mol.